The van der Waals surface area contributed by atoms with E-state index in [0.717, 1.165) is 23.6 Å². The van der Waals surface area contributed by atoms with Crippen LogP contribution in [0.15, 0.2) is 60.4 Å². The van der Waals surface area contributed by atoms with Gasteiger partial charge in [-0.1, -0.05) is 97.6 Å². The molecule has 0 aliphatic carbocycles. The maximum atomic E-state index is 13.6. The van der Waals surface area contributed by atoms with E-state index in [1.165, 1.54) is 0 Å². The highest BCUT2D eigenvalue weighted by Crippen LogP contribution is 2.35. The minimum Gasteiger partial charge on any atom is -0.465 e. The first-order chi connectivity index (χ1) is 25.3. The summed E-state index contributed by atoms with van der Waals surface area (Å²) in [5, 5.41) is 11.9. The van der Waals surface area contributed by atoms with Gasteiger partial charge in [-0.3, -0.25) is 9.59 Å². The van der Waals surface area contributed by atoms with Crippen LogP contribution in [0.3, 0.4) is 0 Å². The normalized spacial score (nSPS) is 16.5. The van der Waals surface area contributed by atoms with Crippen molar-refractivity contribution in [2.24, 2.45) is 5.92 Å². The Morgan fingerprint density at radius 3 is 1.96 bits per heavy atom. The smallest absolute Gasteiger partial charge is 0.191 e. The number of hydrogen-bond acceptors (Lipinski definition) is 8. The molecule has 0 fully saturated rings. The standard InChI is InChI=1S/C45H68O8Si/c1-15-37(51-26-49-22-23-54(12,13)14)30(6)44-34(10)41(48)32(8)42(53-44)28(4)24-27(3)39(46)31(7)43(50-25-36-20-18-17-19-21-36)35(11)45-33(9)40(47)29(5)38(16-2)52-45/h17-21,24,28,30-31,35,37,39,43,46H,15-16,22-23,25-26H2,1-14H3/b27-24+/t28-,30+,31+,35-,37+,39-,43-/m1/s1. The molecule has 0 amide bonds. The van der Waals surface area contributed by atoms with E-state index in [4.69, 9.17) is 23.0 Å². The number of aliphatic hydroxyl groups is 1. The lowest BCUT2D eigenvalue weighted by Crippen LogP contribution is -2.37. The summed E-state index contributed by atoms with van der Waals surface area (Å²) in [6.07, 6.45) is 1.74. The second-order valence-electron chi connectivity index (χ2n) is 16.5. The molecule has 300 valence electrons. The van der Waals surface area contributed by atoms with Gasteiger partial charge >= 0.3 is 0 Å². The van der Waals surface area contributed by atoms with Gasteiger partial charge < -0.3 is 28.2 Å². The lowest BCUT2D eigenvalue weighted by atomic mass is 9.83. The SMILES string of the molecule is CCc1oc([C@H](C)[C@H](OCc2ccccc2)[C@@H](C)[C@H](O)/C(C)=C/[C@@H](C)c2oc([C@@H](C)[C@H](CC)OCOCC[Si](C)(C)C)c(C)c(=O)c2C)c(C)c(=O)c1C. The van der Waals surface area contributed by atoms with Gasteiger partial charge in [0.25, 0.3) is 0 Å². The third-order valence-corrected chi connectivity index (χ3v) is 12.7. The van der Waals surface area contributed by atoms with Crippen LogP contribution in [0.2, 0.25) is 25.7 Å². The largest absolute Gasteiger partial charge is 0.465 e. The van der Waals surface area contributed by atoms with Gasteiger partial charge in [0.15, 0.2) is 10.9 Å². The molecule has 2 aromatic heterocycles. The van der Waals surface area contributed by atoms with E-state index in [9.17, 15) is 14.7 Å². The number of allylic oxidation sites excluding steroid dienone is 1. The zero-order valence-electron chi connectivity index (χ0n) is 35.6. The molecule has 8 nitrogen and oxygen atoms in total. The lowest BCUT2D eigenvalue weighted by Gasteiger charge is -2.33. The zero-order valence-corrected chi connectivity index (χ0v) is 36.6. The van der Waals surface area contributed by atoms with Crippen molar-refractivity contribution in [2.75, 3.05) is 13.4 Å². The molecule has 0 saturated heterocycles. The number of aliphatic hydroxyl groups excluding tert-OH is 1. The molecular formula is C45H68O8Si. The maximum Gasteiger partial charge on any atom is 0.191 e. The molecular weight excluding hydrogens is 697 g/mol. The summed E-state index contributed by atoms with van der Waals surface area (Å²) in [5.74, 6) is 1.24. The molecule has 0 radical (unpaired) electrons. The van der Waals surface area contributed by atoms with Gasteiger partial charge in [-0.05, 0) is 58.2 Å². The first kappa shape index (κ1) is 45.3. The van der Waals surface area contributed by atoms with E-state index in [-0.39, 0.29) is 47.4 Å². The molecule has 3 rings (SSSR count). The number of rotatable bonds is 20. The Bertz CT molecular complexity index is 1800. The van der Waals surface area contributed by atoms with Crippen LogP contribution in [0.5, 0.6) is 0 Å². The highest BCUT2D eigenvalue weighted by molar-refractivity contribution is 6.76. The topological polar surface area (TPSA) is 108 Å². The Kier molecular flexibility index (Phi) is 16.9. The highest BCUT2D eigenvalue weighted by Gasteiger charge is 2.35. The second-order valence-corrected chi connectivity index (χ2v) is 22.1. The van der Waals surface area contributed by atoms with Crippen LogP contribution in [-0.4, -0.2) is 44.9 Å². The quantitative estimate of drug-likeness (QED) is 0.0524. The monoisotopic (exact) mass is 764 g/mol. The van der Waals surface area contributed by atoms with Crippen LogP contribution in [0, 0.1) is 33.6 Å². The van der Waals surface area contributed by atoms with E-state index in [1.54, 1.807) is 20.8 Å². The Hall–Kier alpha value is -3.08. The van der Waals surface area contributed by atoms with Gasteiger partial charge in [0, 0.05) is 67.0 Å². The van der Waals surface area contributed by atoms with Crippen molar-refractivity contribution in [1.29, 1.82) is 0 Å². The zero-order chi connectivity index (χ0) is 40.5. The van der Waals surface area contributed by atoms with Crippen molar-refractivity contribution >= 4 is 8.07 Å². The van der Waals surface area contributed by atoms with Gasteiger partial charge in [-0.15, -0.1) is 0 Å². The number of ether oxygens (including phenoxy) is 3. The van der Waals surface area contributed by atoms with Gasteiger partial charge in [-0.2, -0.15) is 0 Å². The summed E-state index contributed by atoms with van der Waals surface area (Å²) < 4.78 is 31.6. The molecule has 9 heteroatoms. The van der Waals surface area contributed by atoms with Crippen molar-refractivity contribution < 1.29 is 28.2 Å². The minimum atomic E-state index is -1.20. The third kappa shape index (κ3) is 11.5. The van der Waals surface area contributed by atoms with Crippen molar-refractivity contribution in [3.8, 4) is 0 Å². The Balaban J connectivity index is 1.92. The molecule has 1 N–H and O–H groups in total. The molecule has 0 aliphatic heterocycles. The summed E-state index contributed by atoms with van der Waals surface area (Å²) in [6.45, 7) is 29.4. The van der Waals surface area contributed by atoms with E-state index in [0.29, 0.717) is 64.9 Å². The maximum absolute atomic E-state index is 13.6. The van der Waals surface area contributed by atoms with E-state index >= 15 is 0 Å². The van der Waals surface area contributed by atoms with E-state index in [2.05, 4.69) is 26.6 Å². The summed E-state index contributed by atoms with van der Waals surface area (Å²) in [5.41, 5.74) is 4.01. The first-order valence-corrected chi connectivity index (χ1v) is 23.5. The summed E-state index contributed by atoms with van der Waals surface area (Å²) in [4.78, 5) is 26.9. The number of benzene rings is 1. The first-order valence-electron chi connectivity index (χ1n) is 19.8. The number of aryl methyl sites for hydroxylation is 1. The van der Waals surface area contributed by atoms with Crippen LogP contribution >= 0.6 is 0 Å². The summed E-state index contributed by atoms with van der Waals surface area (Å²) >= 11 is 0. The molecule has 7 atom stereocenters. The average molecular weight is 765 g/mol. The van der Waals surface area contributed by atoms with E-state index in [1.807, 2.05) is 84.9 Å². The summed E-state index contributed by atoms with van der Waals surface area (Å²) in [7, 11) is -1.20. The fraction of sp³-hybridized carbons (Fsp3) is 0.600. The molecule has 0 aliphatic rings. The van der Waals surface area contributed by atoms with Crippen LogP contribution in [0.25, 0.3) is 0 Å². The summed E-state index contributed by atoms with van der Waals surface area (Å²) in [6, 6.07) is 11.0. The fourth-order valence-electron chi connectivity index (χ4n) is 7.41. The van der Waals surface area contributed by atoms with Crippen molar-refractivity contribution in [1.82, 2.24) is 0 Å². The molecule has 0 unspecified atom stereocenters. The van der Waals surface area contributed by atoms with Crippen molar-refractivity contribution in [3.05, 3.63) is 113 Å². The minimum absolute atomic E-state index is 0.0221. The van der Waals surface area contributed by atoms with Gasteiger partial charge in [0.2, 0.25) is 0 Å². The molecule has 0 saturated carbocycles. The molecule has 54 heavy (non-hydrogen) atoms. The lowest BCUT2D eigenvalue weighted by molar-refractivity contribution is -0.0950. The van der Waals surface area contributed by atoms with E-state index < -0.39 is 20.3 Å². The van der Waals surface area contributed by atoms with Crippen molar-refractivity contribution in [2.45, 2.75) is 157 Å². The number of hydrogen-bond donors (Lipinski definition) is 1. The molecule has 2 heterocycles. The van der Waals surface area contributed by atoms with Crippen molar-refractivity contribution in [3.63, 3.8) is 0 Å². The molecule has 1 aromatic carbocycles. The molecule has 3 aromatic rings. The van der Waals surface area contributed by atoms with Gasteiger partial charge in [0.05, 0.1) is 24.9 Å². The predicted molar refractivity (Wildman–Crippen MR) is 222 cm³/mol. The second kappa shape index (κ2) is 20.2. The van der Waals surface area contributed by atoms with Gasteiger partial charge in [-0.25, -0.2) is 0 Å². The van der Waals surface area contributed by atoms with Crippen LogP contribution in [0.4, 0.5) is 0 Å². The molecule has 0 bridgehead atoms. The fourth-order valence-corrected chi connectivity index (χ4v) is 8.17. The van der Waals surface area contributed by atoms with Crippen LogP contribution in [0.1, 0.15) is 123 Å². The van der Waals surface area contributed by atoms with Crippen LogP contribution < -0.4 is 10.9 Å². The Labute approximate surface area is 325 Å². The van der Waals surface area contributed by atoms with Gasteiger partial charge in [0.1, 0.15) is 29.8 Å². The van der Waals surface area contributed by atoms with Crippen LogP contribution in [-0.2, 0) is 27.2 Å². The molecule has 0 spiro atoms. The Morgan fingerprint density at radius 2 is 1.39 bits per heavy atom. The Morgan fingerprint density at radius 1 is 0.815 bits per heavy atom. The average Bonchev–Trinajstić information content (AvgIpc) is 3.13. The third-order valence-electron chi connectivity index (χ3n) is 11.0. The predicted octanol–water partition coefficient (Wildman–Crippen LogP) is 10.0. The highest BCUT2D eigenvalue weighted by atomic mass is 28.3.